The predicted molar refractivity (Wildman–Crippen MR) is 110 cm³/mol. The van der Waals surface area contributed by atoms with E-state index < -0.39 is 9.84 Å². The molecule has 3 fully saturated rings. The predicted octanol–water partition coefficient (Wildman–Crippen LogP) is 1.23. The van der Waals surface area contributed by atoms with Crippen LogP contribution in [0.3, 0.4) is 0 Å². The number of likely N-dealkylation sites (tertiary alicyclic amines) is 1. The number of carbonyl (C=O) groups excluding carboxylic acids is 1. The van der Waals surface area contributed by atoms with E-state index in [0.29, 0.717) is 5.75 Å². The van der Waals surface area contributed by atoms with Crippen LogP contribution in [0.1, 0.15) is 24.8 Å². The lowest BCUT2D eigenvalue weighted by molar-refractivity contribution is -0.139. The van der Waals surface area contributed by atoms with Gasteiger partial charge in [0.05, 0.1) is 17.4 Å². The minimum Gasteiger partial charge on any atom is -0.340 e. The quantitative estimate of drug-likeness (QED) is 0.754. The molecule has 2 unspecified atom stereocenters. The molecule has 3 aliphatic heterocycles. The van der Waals surface area contributed by atoms with Crippen LogP contribution >= 0.6 is 0 Å². The maximum atomic E-state index is 13.1. The fourth-order valence-corrected chi connectivity index (χ4v) is 6.63. The molecule has 0 spiro atoms. The highest BCUT2D eigenvalue weighted by atomic mass is 32.2. The molecule has 0 aliphatic carbocycles. The Bertz CT molecular complexity index is 775. The van der Waals surface area contributed by atoms with Crippen molar-refractivity contribution in [1.82, 2.24) is 14.7 Å². The summed E-state index contributed by atoms with van der Waals surface area (Å²) in [5.74, 6) is 0.987. The van der Waals surface area contributed by atoms with Gasteiger partial charge in [-0.1, -0.05) is 30.3 Å². The second kappa shape index (κ2) is 8.51. The minimum atomic E-state index is -2.85. The van der Waals surface area contributed by atoms with Crippen LogP contribution in [0.2, 0.25) is 0 Å². The van der Waals surface area contributed by atoms with E-state index in [2.05, 4.69) is 34.1 Å². The Morgan fingerprint density at radius 2 is 1.75 bits per heavy atom. The summed E-state index contributed by atoms with van der Waals surface area (Å²) in [6.45, 7) is 5.86. The van der Waals surface area contributed by atoms with Crippen LogP contribution < -0.4 is 0 Å². The van der Waals surface area contributed by atoms with Gasteiger partial charge in [0.2, 0.25) is 5.91 Å². The summed E-state index contributed by atoms with van der Waals surface area (Å²) in [6.07, 6.45) is 2.79. The molecule has 154 valence electrons. The lowest BCUT2D eigenvalue weighted by Crippen LogP contribution is -2.54. The molecule has 6 nitrogen and oxygen atoms in total. The molecule has 0 saturated carbocycles. The van der Waals surface area contributed by atoms with E-state index in [9.17, 15) is 13.2 Å². The number of nitrogens with zero attached hydrogens (tertiary/aromatic N) is 3. The molecule has 7 heteroatoms. The maximum absolute atomic E-state index is 13.1. The number of hydrogen-bond donors (Lipinski definition) is 0. The van der Waals surface area contributed by atoms with Gasteiger partial charge in [-0.05, 0) is 31.4 Å². The molecule has 0 aromatic heterocycles. The van der Waals surface area contributed by atoms with Crippen LogP contribution in [0, 0.1) is 5.92 Å². The summed E-state index contributed by atoms with van der Waals surface area (Å²) in [7, 11) is -2.85. The van der Waals surface area contributed by atoms with E-state index in [1.807, 2.05) is 11.0 Å². The average Bonchev–Trinajstić information content (AvgIpc) is 3.08. The van der Waals surface area contributed by atoms with Gasteiger partial charge in [-0.2, -0.15) is 0 Å². The zero-order chi connectivity index (χ0) is 19.6. The first-order chi connectivity index (χ1) is 13.5. The molecule has 0 bridgehead atoms. The second-order valence-electron chi connectivity index (χ2n) is 8.48. The van der Waals surface area contributed by atoms with E-state index in [-0.39, 0.29) is 23.6 Å². The second-order valence-corrected chi connectivity index (χ2v) is 10.7. The Kier molecular flexibility index (Phi) is 6.04. The summed E-state index contributed by atoms with van der Waals surface area (Å²) in [5.41, 5.74) is 1.30. The Morgan fingerprint density at radius 1 is 1.00 bits per heavy atom. The molecular formula is C21H31N3O3S. The zero-order valence-electron chi connectivity index (χ0n) is 16.5. The van der Waals surface area contributed by atoms with E-state index in [1.54, 1.807) is 0 Å². The van der Waals surface area contributed by atoms with E-state index in [1.165, 1.54) is 5.56 Å². The van der Waals surface area contributed by atoms with Gasteiger partial charge in [-0.15, -0.1) is 0 Å². The number of amides is 1. The highest BCUT2D eigenvalue weighted by Crippen LogP contribution is 2.23. The van der Waals surface area contributed by atoms with Gasteiger partial charge in [-0.3, -0.25) is 14.6 Å². The number of hydrogen-bond acceptors (Lipinski definition) is 5. The van der Waals surface area contributed by atoms with Crippen molar-refractivity contribution < 1.29 is 13.2 Å². The van der Waals surface area contributed by atoms with Crippen molar-refractivity contribution >= 4 is 15.7 Å². The van der Waals surface area contributed by atoms with Crippen LogP contribution in [0.25, 0.3) is 0 Å². The topological polar surface area (TPSA) is 60.9 Å². The molecule has 0 N–H and O–H groups in total. The molecule has 4 rings (SSSR count). The Hall–Kier alpha value is -1.44. The lowest BCUT2D eigenvalue weighted by Gasteiger charge is -2.40. The highest BCUT2D eigenvalue weighted by molar-refractivity contribution is 7.91. The minimum absolute atomic E-state index is 0.0934. The van der Waals surface area contributed by atoms with Crippen LogP contribution in [-0.2, 0) is 21.2 Å². The Balaban J connectivity index is 1.27. The highest BCUT2D eigenvalue weighted by Gasteiger charge is 2.36. The van der Waals surface area contributed by atoms with Crippen molar-refractivity contribution in [3.63, 3.8) is 0 Å². The molecule has 0 radical (unpaired) electrons. The number of benzene rings is 1. The fraction of sp³-hybridized carbons (Fsp3) is 0.667. The summed E-state index contributed by atoms with van der Waals surface area (Å²) in [5, 5.41) is 0. The molecule has 3 aliphatic rings. The summed E-state index contributed by atoms with van der Waals surface area (Å²) in [4.78, 5) is 19.8. The van der Waals surface area contributed by atoms with Crippen molar-refractivity contribution in [2.24, 2.45) is 5.92 Å². The molecule has 28 heavy (non-hydrogen) atoms. The average molecular weight is 406 g/mol. The van der Waals surface area contributed by atoms with Crippen molar-refractivity contribution in [3.05, 3.63) is 35.9 Å². The number of piperazine rings is 1. The van der Waals surface area contributed by atoms with Gasteiger partial charge >= 0.3 is 0 Å². The Morgan fingerprint density at radius 3 is 2.43 bits per heavy atom. The van der Waals surface area contributed by atoms with Crippen molar-refractivity contribution in [2.45, 2.75) is 31.8 Å². The van der Waals surface area contributed by atoms with Gasteiger partial charge in [0.25, 0.3) is 0 Å². The molecule has 3 heterocycles. The number of piperidine rings is 1. The SMILES string of the molecule is O=C(C1CCCN(Cc2ccccc2)C1)N1CCN(C2CCS(=O)(=O)C2)CC1. The lowest BCUT2D eigenvalue weighted by atomic mass is 9.95. The molecule has 1 aromatic carbocycles. The molecule has 2 atom stereocenters. The summed E-state index contributed by atoms with van der Waals surface area (Å²) < 4.78 is 23.5. The van der Waals surface area contributed by atoms with E-state index in [4.69, 9.17) is 0 Å². The summed E-state index contributed by atoms with van der Waals surface area (Å²) >= 11 is 0. The first-order valence-corrected chi connectivity index (χ1v) is 12.3. The van der Waals surface area contributed by atoms with Crippen LogP contribution in [0.15, 0.2) is 30.3 Å². The van der Waals surface area contributed by atoms with Gasteiger partial charge in [-0.25, -0.2) is 8.42 Å². The first-order valence-electron chi connectivity index (χ1n) is 10.5. The molecule has 3 saturated heterocycles. The van der Waals surface area contributed by atoms with Gasteiger partial charge in [0.15, 0.2) is 9.84 Å². The monoisotopic (exact) mass is 405 g/mol. The molecule has 1 amide bonds. The third kappa shape index (κ3) is 4.75. The fourth-order valence-electron chi connectivity index (χ4n) is 4.87. The Labute approximate surface area is 168 Å². The zero-order valence-corrected chi connectivity index (χ0v) is 17.3. The standard InChI is InChI=1S/C21H31N3O3S/c25-21(19-7-4-9-22(16-19)15-18-5-2-1-3-6-18)24-12-10-23(11-13-24)20-8-14-28(26,27)17-20/h1-3,5-6,19-20H,4,7-17H2. The van der Waals surface area contributed by atoms with E-state index >= 15 is 0 Å². The first kappa shape index (κ1) is 19.9. The normalized spacial score (nSPS) is 29.1. The van der Waals surface area contributed by atoms with Crippen molar-refractivity contribution in [2.75, 3.05) is 50.8 Å². The number of rotatable bonds is 4. The van der Waals surface area contributed by atoms with E-state index in [0.717, 1.165) is 65.1 Å². The van der Waals surface area contributed by atoms with Gasteiger partial charge in [0, 0.05) is 45.3 Å². The van der Waals surface area contributed by atoms with Crippen LogP contribution in [-0.4, -0.2) is 85.8 Å². The third-order valence-electron chi connectivity index (χ3n) is 6.45. The van der Waals surface area contributed by atoms with Crippen LogP contribution in [0.5, 0.6) is 0 Å². The maximum Gasteiger partial charge on any atom is 0.227 e. The number of carbonyl (C=O) groups is 1. The van der Waals surface area contributed by atoms with Gasteiger partial charge < -0.3 is 4.90 Å². The largest absolute Gasteiger partial charge is 0.340 e. The third-order valence-corrected chi connectivity index (χ3v) is 8.20. The van der Waals surface area contributed by atoms with Crippen molar-refractivity contribution in [1.29, 1.82) is 0 Å². The summed E-state index contributed by atoms with van der Waals surface area (Å²) in [6, 6.07) is 10.6. The molecule has 1 aromatic rings. The molecular weight excluding hydrogens is 374 g/mol. The van der Waals surface area contributed by atoms with Crippen LogP contribution in [0.4, 0.5) is 0 Å². The van der Waals surface area contributed by atoms with Gasteiger partial charge in [0.1, 0.15) is 0 Å². The number of sulfone groups is 1. The van der Waals surface area contributed by atoms with Crippen molar-refractivity contribution in [3.8, 4) is 0 Å². The smallest absolute Gasteiger partial charge is 0.227 e.